The molecule has 1 aromatic carbocycles. The Bertz CT molecular complexity index is 1130. The molecule has 1 atom stereocenters. The first-order valence-electron chi connectivity index (χ1n) is 9.68. The van der Waals surface area contributed by atoms with Gasteiger partial charge in [0.25, 0.3) is 0 Å². The van der Waals surface area contributed by atoms with Crippen LogP contribution >= 0.6 is 0 Å². The SMILES string of the molecule is Cc1cccc(C)c1B1C2C=CC=CC2=Nc2cc(-c3ccccn3)cc[n+]21. The number of hydrogen-bond acceptors (Lipinski definition) is 2. The number of rotatable bonds is 2. The fraction of sp³-hybridized carbons (Fsp3) is 0.125. The molecular formula is C24H21BN3+. The molecule has 0 saturated carbocycles. The lowest BCUT2D eigenvalue weighted by molar-refractivity contribution is -0.522. The summed E-state index contributed by atoms with van der Waals surface area (Å²) in [4.78, 5) is 9.50. The van der Waals surface area contributed by atoms with Gasteiger partial charge in [0.15, 0.2) is 5.71 Å². The van der Waals surface area contributed by atoms with Crippen LogP contribution in [-0.4, -0.2) is 17.5 Å². The third kappa shape index (κ3) is 2.73. The molecule has 0 bridgehead atoms. The molecule has 3 aromatic rings. The van der Waals surface area contributed by atoms with Gasteiger partial charge in [-0.15, -0.1) is 0 Å². The second-order valence-corrected chi connectivity index (χ2v) is 7.45. The quantitative estimate of drug-likeness (QED) is 0.634. The summed E-state index contributed by atoms with van der Waals surface area (Å²) in [6.45, 7) is 4.61. The van der Waals surface area contributed by atoms with Gasteiger partial charge in [0.2, 0.25) is 0 Å². The van der Waals surface area contributed by atoms with Crippen molar-refractivity contribution >= 4 is 23.8 Å². The maximum absolute atomic E-state index is 5.00. The summed E-state index contributed by atoms with van der Waals surface area (Å²) in [7, 11) is 0. The van der Waals surface area contributed by atoms with Crippen molar-refractivity contribution in [1.29, 1.82) is 0 Å². The first kappa shape index (κ1) is 16.9. The zero-order valence-electron chi connectivity index (χ0n) is 16.1. The van der Waals surface area contributed by atoms with Gasteiger partial charge in [0.05, 0.1) is 17.7 Å². The molecule has 1 aliphatic carbocycles. The first-order valence-corrected chi connectivity index (χ1v) is 9.68. The lowest BCUT2D eigenvalue weighted by atomic mass is 9.42. The maximum Gasteiger partial charge on any atom is 0.428 e. The van der Waals surface area contributed by atoms with Crippen LogP contribution in [0, 0.1) is 13.8 Å². The van der Waals surface area contributed by atoms with Crippen LogP contribution in [0.2, 0.25) is 5.82 Å². The number of fused-ring (bicyclic) bond motifs is 2. The van der Waals surface area contributed by atoms with Crippen LogP contribution in [0.3, 0.4) is 0 Å². The third-order valence-electron chi connectivity index (χ3n) is 5.68. The number of pyridine rings is 2. The van der Waals surface area contributed by atoms with Crippen LogP contribution in [0.5, 0.6) is 0 Å². The molecule has 5 rings (SSSR count). The molecule has 134 valence electrons. The first-order chi connectivity index (χ1) is 13.7. The Labute approximate surface area is 165 Å². The van der Waals surface area contributed by atoms with Gasteiger partial charge in [-0.1, -0.05) is 53.6 Å². The second kappa shape index (κ2) is 6.72. The van der Waals surface area contributed by atoms with Gasteiger partial charge in [0.1, 0.15) is 0 Å². The van der Waals surface area contributed by atoms with E-state index in [0.29, 0.717) is 0 Å². The van der Waals surface area contributed by atoms with Crippen molar-refractivity contribution in [1.82, 2.24) is 4.98 Å². The monoisotopic (exact) mass is 362 g/mol. The molecule has 0 radical (unpaired) electrons. The molecule has 3 nitrogen and oxygen atoms in total. The number of benzene rings is 1. The summed E-state index contributed by atoms with van der Waals surface area (Å²) in [6.07, 6.45) is 12.6. The van der Waals surface area contributed by atoms with E-state index in [0.717, 1.165) is 22.8 Å². The minimum absolute atomic E-state index is 0.197. The molecule has 3 heterocycles. The summed E-state index contributed by atoms with van der Waals surface area (Å²) < 4.78 is 2.32. The van der Waals surface area contributed by atoms with Crippen molar-refractivity contribution in [2.45, 2.75) is 19.7 Å². The Morgan fingerprint density at radius 1 is 0.964 bits per heavy atom. The predicted octanol–water partition coefficient (Wildman–Crippen LogP) is 3.98. The molecule has 0 saturated heterocycles. The van der Waals surface area contributed by atoms with Crippen molar-refractivity contribution in [3.63, 3.8) is 0 Å². The molecule has 1 aliphatic heterocycles. The van der Waals surface area contributed by atoms with Gasteiger partial charge in [-0.2, -0.15) is 0 Å². The van der Waals surface area contributed by atoms with Crippen molar-refractivity contribution in [2.75, 3.05) is 0 Å². The number of hydrogen-bond donors (Lipinski definition) is 0. The molecule has 0 N–H and O–H groups in total. The molecule has 2 aromatic heterocycles. The van der Waals surface area contributed by atoms with Gasteiger partial charge in [-0.05, 0) is 48.6 Å². The fourth-order valence-electron chi connectivity index (χ4n) is 4.36. The van der Waals surface area contributed by atoms with Crippen LogP contribution in [0.25, 0.3) is 11.3 Å². The number of aryl methyl sites for hydroxylation is 2. The van der Waals surface area contributed by atoms with Crippen molar-refractivity contribution in [2.24, 2.45) is 4.99 Å². The van der Waals surface area contributed by atoms with Crippen LogP contribution in [0.1, 0.15) is 11.1 Å². The Morgan fingerprint density at radius 3 is 2.61 bits per heavy atom. The summed E-state index contributed by atoms with van der Waals surface area (Å²) in [5.41, 5.74) is 7.20. The molecule has 2 aliphatic rings. The van der Waals surface area contributed by atoms with E-state index < -0.39 is 0 Å². The average Bonchev–Trinajstić information content (AvgIpc) is 2.73. The minimum Gasteiger partial charge on any atom is -0.288 e. The van der Waals surface area contributed by atoms with Crippen LogP contribution in [-0.2, 0) is 0 Å². The van der Waals surface area contributed by atoms with E-state index in [9.17, 15) is 0 Å². The van der Waals surface area contributed by atoms with E-state index in [4.69, 9.17) is 4.99 Å². The van der Waals surface area contributed by atoms with E-state index in [1.165, 1.54) is 16.6 Å². The zero-order chi connectivity index (χ0) is 19.1. The van der Waals surface area contributed by atoms with E-state index in [-0.39, 0.29) is 12.7 Å². The molecule has 1 unspecified atom stereocenters. The van der Waals surface area contributed by atoms with E-state index in [1.807, 2.05) is 24.4 Å². The Balaban J connectivity index is 1.72. The topological polar surface area (TPSA) is 29.1 Å². The predicted molar refractivity (Wildman–Crippen MR) is 116 cm³/mol. The van der Waals surface area contributed by atoms with E-state index in [2.05, 4.69) is 84.1 Å². The van der Waals surface area contributed by atoms with Gasteiger partial charge in [0, 0.05) is 17.8 Å². The van der Waals surface area contributed by atoms with Crippen molar-refractivity contribution in [3.8, 4) is 11.3 Å². The van der Waals surface area contributed by atoms with Gasteiger partial charge in [-0.25, -0.2) is 0 Å². The molecule has 0 fully saturated rings. The maximum atomic E-state index is 5.00. The Morgan fingerprint density at radius 2 is 1.82 bits per heavy atom. The molecule has 0 spiro atoms. The molecule has 28 heavy (non-hydrogen) atoms. The third-order valence-corrected chi connectivity index (χ3v) is 5.68. The lowest BCUT2D eigenvalue weighted by Gasteiger charge is -2.26. The number of nitrogens with zero attached hydrogens (tertiary/aromatic N) is 3. The number of aromatic nitrogens is 2. The fourth-order valence-corrected chi connectivity index (χ4v) is 4.36. The highest BCUT2D eigenvalue weighted by molar-refractivity contribution is 6.73. The van der Waals surface area contributed by atoms with E-state index in [1.54, 1.807) is 0 Å². The Kier molecular flexibility index (Phi) is 4.05. The minimum atomic E-state index is 0.197. The van der Waals surface area contributed by atoms with Crippen LogP contribution < -0.4 is 9.94 Å². The summed E-state index contributed by atoms with van der Waals surface area (Å²) >= 11 is 0. The van der Waals surface area contributed by atoms with Crippen LogP contribution in [0.4, 0.5) is 5.82 Å². The number of allylic oxidation sites excluding steroid dienone is 4. The molecule has 0 amide bonds. The molecule has 4 heteroatoms. The summed E-state index contributed by atoms with van der Waals surface area (Å²) in [6, 6.07) is 16.9. The zero-order valence-corrected chi connectivity index (χ0v) is 16.1. The van der Waals surface area contributed by atoms with Crippen LogP contribution in [0.15, 0.2) is 90.2 Å². The van der Waals surface area contributed by atoms with Gasteiger partial charge < -0.3 is 0 Å². The standard InChI is InChI=1S/C24H21BN3/c1-17-8-7-9-18(2)24(17)25-20-10-3-4-12-22(20)27-23-16-19(13-15-28(23)25)21-11-5-6-14-26-21/h3-16,20H,1-2H3/q+1. The van der Waals surface area contributed by atoms with Crippen molar-refractivity contribution < 1.29 is 4.48 Å². The summed E-state index contributed by atoms with van der Waals surface area (Å²) in [5.74, 6) is 1.21. The average molecular weight is 362 g/mol. The second-order valence-electron chi connectivity index (χ2n) is 7.45. The smallest absolute Gasteiger partial charge is 0.288 e. The molecular weight excluding hydrogens is 341 g/mol. The van der Waals surface area contributed by atoms with Gasteiger partial charge in [-0.3, -0.25) is 9.46 Å². The largest absolute Gasteiger partial charge is 0.428 e. The van der Waals surface area contributed by atoms with Gasteiger partial charge >= 0.3 is 12.7 Å². The Hall–Kier alpha value is -3.27. The normalized spacial score (nSPS) is 17.1. The highest BCUT2D eigenvalue weighted by Crippen LogP contribution is 2.29. The highest BCUT2D eigenvalue weighted by atomic mass is 15.0. The van der Waals surface area contributed by atoms with E-state index >= 15 is 0 Å². The summed E-state index contributed by atoms with van der Waals surface area (Å²) in [5, 5.41) is 0. The lowest BCUT2D eigenvalue weighted by Crippen LogP contribution is -2.65. The van der Waals surface area contributed by atoms with Crippen molar-refractivity contribution in [3.05, 3.63) is 96.4 Å². The highest BCUT2D eigenvalue weighted by Gasteiger charge is 2.45. The number of aliphatic imine (C=N–C) groups is 1.